The molecule has 4 N–H and O–H groups in total. The SMILES string of the molecule is CN(CCc1cn[nH]c1)c1nc(N)nc2ccc(C(=O)O)cc12. The molecular formula is C15H16N6O2. The fourth-order valence-corrected chi connectivity index (χ4v) is 2.37. The second-order valence-corrected chi connectivity index (χ2v) is 5.22. The number of hydrogen-bond donors (Lipinski definition) is 3. The Bertz CT molecular complexity index is 847. The van der Waals surface area contributed by atoms with E-state index in [9.17, 15) is 4.79 Å². The van der Waals surface area contributed by atoms with Crippen LogP contribution in [0.2, 0.25) is 0 Å². The third kappa shape index (κ3) is 3.05. The number of H-pyrrole nitrogens is 1. The van der Waals surface area contributed by atoms with Gasteiger partial charge in [0.1, 0.15) is 5.82 Å². The normalized spacial score (nSPS) is 10.8. The zero-order valence-electron chi connectivity index (χ0n) is 12.5. The number of carboxylic acid groups (broad SMARTS) is 1. The van der Waals surface area contributed by atoms with E-state index in [1.54, 1.807) is 18.3 Å². The van der Waals surface area contributed by atoms with Gasteiger partial charge in [0, 0.05) is 25.2 Å². The molecule has 0 aliphatic rings. The summed E-state index contributed by atoms with van der Waals surface area (Å²) in [6.45, 7) is 0.683. The average Bonchev–Trinajstić information content (AvgIpc) is 3.04. The van der Waals surface area contributed by atoms with Crippen molar-refractivity contribution in [3.63, 3.8) is 0 Å². The minimum absolute atomic E-state index is 0.158. The van der Waals surface area contributed by atoms with Crippen LogP contribution in [-0.4, -0.2) is 44.8 Å². The number of carbonyl (C=O) groups is 1. The maximum absolute atomic E-state index is 11.2. The smallest absolute Gasteiger partial charge is 0.335 e. The number of nitrogens with zero attached hydrogens (tertiary/aromatic N) is 4. The van der Waals surface area contributed by atoms with Crippen molar-refractivity contribution >= 4 is 28.6 Å². The molecular weight excluding hydrogens is 296 g/mol. The first-order valence-corrected chi connectivity index (χ1v) is 7.04. The van der Waals surface area contributed by atoms with Crippen molar-refractivity contribution in [3.8, 4) is 0 Å². The third-order valence-electron chi connectivity index (χ3n) is 3.59. The highest BCUT2D eigenvalue weighted by atomic mass is 16.4. The molecule has 0 radical (unpaired) electrons. The number of carboxylic acids is 1. The third-order valence-corrected chi connectivity index (χ3v) is 3.59. The molecule has 0 saturated carbocycles. The van der Waals surface area contributed by atoms with Crippen LogP contribution < -0.4 is 10.6 Å². The van der Waals surface area contributed by atoms with Crippen molar-refractivity contribution in [2.24, 2.45) is 0 Å². The first-order chi connectivity index (χ1) is 11.0. The van der Waals surface area contributed by atoms with E-state index in [1.165, 1.54) is 6.07 Å². The number of aromatic carboxylic acids is 1. The van der Waals surface area contributed by atoms with Gasteiger partial charge in [-0.05, 0) is 30.2 Å². The van der Waals surface area contributed by atoms with Gasteiger partial charge in [-0.2, -0.15) is 10.1 Å². The van der Waals surface area contributed by atoms with Crippen LogP contribution in [0.4, 0.5) is 11.8 Å². The predicted octanol–water partition coefficient (Wildman–Crippen LogP) is 1.31. The molecule has 0 amide bonds. The molecule has 8 heteroatoms. The van der Waals surface area contributed by atoms with Crippen molar-refractivity contribution in [1.29, 1.82) is 0 Å². The van der Waals surface area contributed by atoms with Gasteiger partial charge >= 0.3 is 5.97 Å². The molecule has 0 aliphatic carbocycles. The van der Waals surface area contributed by atoms with Crippen LogP contribution in [0.1, 0.15) is 15.9 Å². The van der Waals surface area contributed by atoms with E-state index in [0.29, 0.717) is 23.3 Å². The molecule has 118 valence electrons. The highest BCUT2D eigenvalue weighted by molar-refractivity contribution is 5.97. The first-order valence-electron chi connectivity index (χ1n) is 7.04. The summed E-state index contributed by atoms with van der Waals surface area (Å²) in [5.41, 5.74) is 7.66. The molecule has 0 aliphatic heterocycles. The summed E-state index contributed by atoms with van der Waals surface area (Å²) in [4.78, 5) is 21.6. The molecule has 0 saturated heterocycles. The van der Waals surface area contributed by atoms with Gasteiger partial charge in [0.2, 0.25) is 5.95 Å². The predicted molar refractivity (Wildman–Crippen MR) is 86.5 cm³/mol. The minimum atomic E-state index is -0.990. The number of hydrogen-bond acceptors (Lipinski definition) is 6. The van der Waals surface area contributed by atoms with Crippen molar-refractivity contribution in [3.05, 3.63) is 41.7 Å². The Hall–Kier alpha value is -3.16. The summed E-state index contributed by atoms with van der Waals surface area (Å²) in [5, 5.41) is 16.5. The first kappa shape index (κ1) is 14.8. The molecule has 2 aromatic heterocycles. The Morgan fingerprint density at radius 1 is 1.39 bits per heavy atom. The van der Waals surface area contributed by atoms with Crippen LogP contribution in [0.15, 0.2) is 30.6 Å². The lowest BCUT2D eigenvalue weighted by atomic mass is 10.1. The molecule has 0 spiro atoms. The summed E-state index contributed by atoms with van der Waals surface area (Å²) in [5.74, 6) is -0.222. The van der Waals surface area contributed by atoms with Crippen LogP contribution in [0, 0.1) is 0 Å². The fraction of sp³-hybridized carbons (Fsp3) is 0.200. The molecule has 3 aromatic rings. The Morgan fingerprint density at radius 3 is 2.91 bits per heavy atom. The van der Waals surface area contributed by atoms with Crippen LogP contribution >= 0.6 is 0 Å². The Kier molecular flexibility index (Phi) is 3.80. The molecule has 0 unspecified atom stereocenters. The lowest BCUT2D eigenvalue weighted by Crippen LogP contribution is -2.22. The van der Waals surface area contributed by atoms with Gasteiger partial charge in [0.05, 0.1) is 17.3 Å². The Morgan fingerprint density at radius 2 is 2.22 bits per heavy atom. The van der Waals surface area contributed by atoms with Crippen molar-refractivity contribution in [1.82, 2.24) is 20.2 Å². The van der Waals surface area contributed by atoms with Gasteiger partial charge in [-0.3, -0.25) is 5.10 Å². The zero-order valence-corrected chi connectivity index (χ0v) is 12.5. The van der Waals surface area contributed by atoms with E-state index in [4.69, 9.17) is 10.8 Å². The van der Waals surface area contributed by atoms with Gasteiger partial charge in [-0.1, -0.05) is 0 Å². The molecule has 1 aromatic carbocycles. The van der Waals surface area contributed by atoms with Gasteiger partial charge < -0.3 is 15.7 Å². The van der Waals surface area contributed by atoms with Crippen molar-refractivity contribution in [2.75, 3.05) is 24.2 Å². The lowest BCUT2D eigenvalue weighted by Gasteiger charge is -2.20. The maximum Gasteiger partial charge on any atom is 0.335 e. The molecule has 3 rings (SSSR count). The molecule has 0 bridgehead atoms. The number of aromatic amines is 1. The van der Waals surface area contributed by atoms with Gasteiger partial charge in [-0.15, -0.1) is 0 Å². The van der Waals surface area contributed by atoms with Crippen LogP contribution in [0.5, 0.6) is 0 Å². The summed E-state index contributed by atoms with van der Waals surface area (Å²) in [6.07, 6.45) is 4.38. The zero-order chi connectivity index (χ0) is 16.4. The molecule has 23 heavy (non-hydrogen) atoms. The second-order valence-electron chi connectivity index (χ2n) is 5.22. The van der Waals surface area contributed by atoms with Crippen LogP contribution in [0.3, 0.4) is 0 Å². The van der Waals surface area contributed by atoms with E-state index < -0.39 is 5.97 Å². The van der Waals surface area contributed by atoms with Crippen LogP contribution in [0.25, 0.3) is 10.9 Å². The minimum Gasteiger partial charge on any atom is -0.478 e. The maximum atomic E-state index is 11.2. The molecule has 0 fully saturated rings. The number of fused-ring (bicyclic) bond motifs is 1. The average molecular weight is 312 g/mol. The molecule has 0 atom stereocenters. The lowest BCUT2D eigenvalue weighted by molar-refractivity contribution is 0.0697. The Balaban J connectivity index is 1.96. The van der Waals surface area contributed by atoms with E-state index in [2.05, 4.69) is 20.2 Å². The van der Waals surface area contributed by atoms with Gasteiger partial charge in [0.25, 0.3) is 0 Å². The monoisotopic (exact) mass is 312 g/mol. The summed E-state index contributed by atoms with van der Waals surface area (Å²) >= 11 is 0. The summed E-state index contributed by atoms with van der Waals surface area (Å²) in [7, 11) is 1.88. The number of nitrogens with one attached hydrogen (secondary N) is 1. The van der Waals surface area contributed by atoms with Crippen molar-refractivity contribution < 1.29 is 9.90 Å². The number of benzene rings is 1. The van der Waals surface area contributed by atoms with E-state index >= 15 is 0 Å². The fourth-order valence-electron chi connectivity index (χ4n) is 2.37. The molecule has 8 nitrogen and oxygen atoms in total. The largest absolute Gasteiger partial charge is 0.478 e. The van der Waals surface area contributed by atoms with Gasteiger partial charge in [0.15, 0.2) is 0 Å². The van der Waals surface area contributed by atoms with E-state index in [0.717, 1.165) is 12.0 Å². The van der Waals surface area contributed by atoms with Crippen molar-refractivity contribution in [2.45, 2.75) is 6.42 Å². The number of anilines is 2. The molecule has 2 heterocycles. The van der Waals surface area contributed by atoms with E-state index in [-0.39, 0.29) is 11.5 Å². The summed E-state index contributed by atoms with van der Waals surface area (Å²) < 4.78 is 0. The Labute approximate surface area is 132 Å². The number of nitrogens with two attached hydrogens (primary N) is 1. The van der Waals surface area contributed by atoms with Crippen LogP contribution in [-0.2, 0) is 6.42 Å². The highest BCUT2D eigenvalue weighted by Crippen LogP contribution is 2.25. The topological polar surface area (TPSA) is 121 Å². The van der Waals surface area contributed by atoms with E-state index in [1.807, 2.05) is 18.1 Å². The second kappa shape index (κ2) is 5.91. The quantitative estimate of drug-likeness (QED) is 0.649. The standard InChI is InChI=1S/C15H16N6O2/c1-21(5-4-9-7-17-18-8-9)13-11-6-10(14(22)23)2-3-12(11)19-15(16)20-13/h2-3,6-8H,4-5H2,1H3,(H,17,18)(H,22,23)(H2,16,19,20). The number of aromatic nitrogens is 4. The number of likely N-dealkylation sites (N-methyl/N-ethyl adjacent to an activating group) is 1. The summed E-state index contributed by atoms with van der Waals surface area (Å²) in [6, 6.07) is 4.72. The number of rotatable bonds is 5. The number of nitrogen functional groups attached to an aromatic ring is 1. The van der Waals surface area contributed by atoms with Gasteiger partial charge in [-0.25, -0.2) is 9.78 Å². The highest BCUT2D eigenvalue weighted by Gasteiger charge is 2.13.